The van der Waals surface area contributed by atoms with E-state index in [0.29, 0.717) is 21.2 Å². The normalized spacial score (nSPS) is 17.7. The Morgan fingerprint density at radius 1 is 1.02 bits per heavy atom. The van der Waals surface area contributed by atoms with Crippen molar-refractivity contribution in [3.8, 4) is 11.1 Å². The fraction of sp³-hybridized carbons (Fsp3) is 0.355. The standard InChI is InChI=1S/C31H31Cl2F3N6O2S/c1-41-11-9-21(10-12-41)38-19-3-5-20(6-4-19)39-30-37-16-18-13-24(29(43)42(28(18)40-30)17-31(34,35)36)27-25(32)14-23(15-26(27)33)45(2,44)22-7-8-22/h3-6,13-16,21-22,38H,2,7-12,17H2,1H3,(H,37,39,40). The number of pyridine rings is 1. The molecule has 238 valence electrons. The molecule has 0 radical (unpaired) electrons. The van der Waals surface area contributed by atoms with E-state index < -0.39 is 27.8 Å². The van der Waals surface area contributed by atoms with E-state index in [0.717, 1.165) is 44.5 Å². The van der Waals surface area contributed by atoms with Crippen LogP contribution >= 0.6 is 23.2 Å². The summed E-state index contributed by atoms with van der Waals surface area (Å²) < 4.78 is 55.0. The Kier molecular flexibility index (Phi) is 8.53. The van der Waals surface area contributed by atoms with Crippen LogP contribution in [0.15, 0.2) is 58.4 Å². The molecule has 2 fully saturated rings. The van der Waals surface area contributed by atoms with Gasteiger partial charge in [0.2, 0.25) is 5.95 Å². The molecule has 4 aromatic rings. The van der Waals surface area contributed by atoms with E-state index in [1.165, 1.54) is 24.4 Å². The van der Waals surface area contributed by atoms with Crippen LogP contribution in [0, 0.1) is 0 Å². The van der Waals surface area contributed by atoms with Gasteiger partial charge in [-0.05, 0) is 104 Å². The number of piperidine rings is 1. The minimum absolute atomic E-state index is 0.0162. The van der Waals surface area contributed by atoms with Gasteiger partial charge in [0, 0.05) is 44.7 Å². The summed E-state index contributed by atoms with van der Waals surface area (Å²) in [6.45, 7) is 0.471. The zero-order valence-electron chi connectivity index (χ0n) is 24.3. The number of rotatable bonds is 8. The van der Waals surface area contributed by atoms with Gasteiger partial charge in [0.25, 0.3) is 5.56 Å². The molecule has 8 nitrogen and oxygen atoms in total. The van der Waals surface area contributed by atoms with Crippen molar-refractivity contribution in [3.05, 3.63) is 69.1 Å². The first kappa shape index (κ1) is 31.7. The first-order valence-corrected chi connectivity index (χ1v) is 17.0. The van der Waals surface area contributed by atoms with Crippen LogP contribution in [0.4, 0.5) is 30.5 Å². The highest BCUT2D eigenvalue weighted by molar-refractivity contribution is 8.01. The molecule has 1 aliphatic carbocycles. The molecule has 1 aliphatic heterocycles. The lowest BCUT2D eigenvalue weighted by Gasteiger charge is -2.30. The van der Waals surface area contributed by atoms with Crippen LogP contribution in [0.1, 0.15) is 25.7 Å². The first-order valence-electron chi connectivity index (χ1n) is 14.4. The van der Waals surface area contributed by atoms with Crippen LogP contribution < -0.4 is 16.2 Å². The van der Waals surface area contributed by atoms with Crippen molar-refractivity contribution < 1.29 is 17.4 Å². The zero-order chi connectivity index (χ0) is 32.1. The Hall–Kier alpha value is -3.32. The number of likely N-dealkylation sites (tertiary alicyclic amines) is 1. The summed E-state index contributed by atoms with van der Waals surface area (Å²) in [5, 5.41) is 6.60. The molecule has 14 heteroatoms. The molecule has 2 aromatic heterocycles. The largest absolute Gasteiger partial charge is 0.406 e. The number of hydrogen-bond donors (Lipinski definition) is 2. The zero-order valence-corrected chi connectivity index (χ0v) is 26.7. The summed E-state index contributed by atoms with van der Waals surface area (Å²) >= 11 is 13.1. The maximum absolute atomic E-state index is 13.8. The van der Waals surface area contributed by atoms with Gasteiger partial charge in [0.15, 0.2) is 0 Å². The van der Waals surface area contributed by atoms with Gasteiger partial charge in [0.05, 0.1) is 15.6 Å². The monoisotopic (exact) mass is 678 g/mol. The van der Waals surface area contributed by atoms with Crippen LogP contribution in [0.5, 0.6) is 0 Å². The van der Waals surface area contributed by atoms with Crippen molar-refractivity contribution in [2.75, 3.05) is 30.8 Å². The Morgan fingerprint density at radius 3 is 2.24 bits per heavy atom. The number of alkyl halides is 3. The predicted molar refractivity (Wildman–Crippen MR) is 176 cm³/mol. The lowest BCUT2D eigenvalue weighted by molar-refractivity contribution is -0.140. The number of benzene rings is 2. The lowest BCUT2D eigenvalue weighted by atomic mass is 10.1. The first-order chi connectivity index (χ1) is 21.3. The highest BCUT2D eigenvalue weighted by Gasteiger charge is 2.34. The number of hydrogen-bond acceptors (Lipinski definition) is 7. The van der Waals surface area contributed by atoms with Crippen molar-refractivity contribution >= 4 is 67.0 Å². The van der Waals surface area contributed by atoms with E-state index in [9.17, 15) is 22.2 Å². The van der Waals surface area contributed by atoms with Gasteiger partial charge in [-0.2, -0.15) is 18.2 Å². The summed E-state index contributed by atoms with van der Waals surface area (Å²) in [4.78, 5) is 24.9. The van der Waals surface area contributed by atoms with Crippen molar-refractivity contribution in [1.29, 1.82) is 0 Å². The van der Waals surface area contributed by atoms with E-state index >= 15 is 0 Å². The third-order valence-corrected chi connectivity index (χ3v) is 11.3. The molecule has 45 heavy (non-hydrogen) atoms. The average Bonchev–Trinajstić information content (AvgIpc) is 3.83. The highest BCUT2D eigenvalue weighted by Crippen LogP contribution is 2.40. The molecular formula is C31H31Cl2F3N6O2S. The molecule has 1 atom stereocenters. The Balaban J connectivity index is 1.33. The maximum Gasteiger partial charge on any atom is 0.406 e. The van der Waals surface area contributed by atoms with Gasteiger partial charge in [0.1, 0.15) is 12.2 Å². The highest BCUT2D eigenvalue weighted by atomic mass is 35.5. The van der Waals surface area contributed by atoms with Gasteiger partial charge in [-0.25, -0.2) is 4.98 Å². The topological polar surface area (TPSA) is 92.2 Å². The SMILES string of the molecule is C=S(=O)(c1cc(Cl)c(-c2cc3cnc(Nc4ccc(NC5CCN(C)CC5)cc4)nc3n(CC(F)(F)F)c2=O)c(Cl)c1)C1CC1. The van der Waals surface area contributed by atoms with E-state index in [1.807, 2.05) is 24.3 Å². The quantitative estimate of drug-likeness (QED) is 0.198. The van der Waals surface area contributed by atoms with Gasteiger partial charge < -0.3 is 15.5 Å². The van der Waals surface area contributed by atoms with E-state index in [1.54, 1.807) is 0 Å². The van der Waals surface area contributed by atoms with Crippen LogP contribution in [-0.2, 0) is 16.1 Å². The summed E-state index contributed by atoms with van der Waals surface area (Å²) in [6.07, 6.45) is 0.234. The third kappa shape index (κ3) is 6.94. The second-order valence-corrected chi connectivity index (χ2v) is 15.1. The molecule has 0 spiro atoms. The number of halogens is 5. The molecule has 1 saturated carbocycles. The summed E-state index contributed by atoms with van der Waals surface area (Å²) in [5.74, 6) is 3.88. The van der Waals surface area contributed by atoms with E-state index in [-0.39, 0.29) is 43.4 Å². The molecule has 1 saturated heterocycles. The van der Waals surface area contributed by atoms with Crippen molar-refractivity contribution in [3.63, 3.8) is 0 Å². The van der Waals surface area contributed by atoms with Crippen LogP contribution in [0.2, 0.25) is 10.0 Å². The Bertz CT molecular complexity index is 1900. The smallest absolute Gasteiger partial charge is 0.382 e. The summed E-state index contributed by atoms with van der Waals surface area (Å²) in [5.41, 5.74) is 0.257. The minimum atomic E-state index is -4.73. The number of nitrogens with zero attached hydrogens (tertiary/aromatic N) is 4. The van der Waals surface area contributed by atoms with E-state index in [4.69, 9.17) is 23.2 Å². The van der Waals surface area contributed by atoms with Gasteiger partial charge in [-0.15, -0.1) is 0 Å². The molecule has 0 amide bonds. The number of nitrogens with one attached hydrogen (secondary N) is 2. The predicted octanol–water partition coefficient (Wildman–Crippen LogP) is 6.82. The molecule has 2 aromatic carbocycles. The maximum atomic E-state index is 13.8. The van der Waals surface area contributed by atoms with Gasteiger partial charge in [-0.1, -0.05) is 23.2 Å². The molecule has 3 heterocycles. The molecule has 2 N–H and O–H groups in total. The lowest BCUT2D eigenvalue weighted by Crippen LogP contribution is -2.36. The van der Waals surface area contributed by atoms with E-state index in [2.05, 4.69) is 38.4 Å². The fourth-order valence-corrected chi connectivity index (χ4v) is 8.28. The summed E-state index contributed by atoms with van der Waals surface area (Å²) in [6, 6.07) is 12.0. The second-order valence-electron chi connectivity index (χ2n) is 11.6. The summed E-state index contributed by atoms with van der Waals surface area (Å²) in [7, 11) is -0.554. The van der Waals surface area contributed by atoms with Crippen LogP contribution in [0.25, 0.3) is 22.2 Å². The molecular weight excluding hydrogens is 648 g/mol. The Morgan fingerprint density at radius 2 is 1.64 bits per heavy atom. The Labute approximate surface area is 268 Å². The van der Waals surface area contributed by atoms with Gasteiger partial charge >= 0.3 is 6.18 Å². The van der Waals surface area contributed by atoms with Crippen LogP contribution in [-0.4, -0.2) is 67.1 Å². The third-order valence-electron chi connectivity index (χ3n) is 8.14. The second kappa shape index (κ2) is 12.1. The average molecular weight is 680 g/mol. The number of fused-ring (bicyclic) bond motifs is 1. The number of anilines is 3. The van der Waals surface area contributed by atoms with Gasteiger partial charge in [-0.3, -0.25) is 13.6 Å². The van der Waals surface area contributed by atoms with Crippen LogP contribution in [0.3, 0.4) is 0 Å². The molecule has 1 unspecified atom stereocenters. The fourth-order valence-electron chi connectivity index (χ4n) is 5.54. The van der Waals surface area contributed by atoms with Crippen molar-refractivity contribution in [2.45, 2.75) is 54.6 Å². The number of aromatic nitrogens is 3. The molecule has 6 rings (SSSR count). The molecule has 0 bridgehead atoms. The molecule has 2 aliphatic rings. The van der Waals surface area contributed by atoms with Crippen molar-refractivity contribution in [1.82, 2.24) is 19.4 Å². The minimum Gasteiger partial charge on any atom is -0.382 e. The van der Waals surface area contributed by atoms with Crippen molar-refractivity contribution in [2.24, 2.45) is 0 Å².